The van der Waals surface area contributed by atoms with Gasteiger partial charge >= 0.3 is 0 Å². The molecule has 4 aliphatic carbocycles. The van der Waals surface area contributed by atoms with E-state index in [0.717, 1.165) is 50.4 Å². The first-order chi connectivity index (χ1) is 15.9. The molecule has 2 atom stereocenters. The smallest absolute Gasteiger partial charge is 0.254 e. The minimum absolute atomic E-state index is 0.135. The Balaban J connectivity index is 1.04. The first-order valence-electron chi connectivity index (χ1n) is 13.7. The van der Waals surface area contributed by atoms with Crippen molar-refractivity contribution < 1.29 is 19.5 Å². The van der Waals surface area contributed by atoms with Crippen LogP contribution in [0.25, 0.3) is 0 Å². The second-order valence-electron chi connectivity index (χ2n) is 11.9. The van der Waals surface area contributed by atoms with Crippen molar-refractivity contribution in [1.29, 1.82) is 0 Å². The van der Waals surface area contributed by atoms with Gasteiger partial charge in [-0.2, -0.15) is 0 Å². The van der Waals surface area contributed by atoms with E-state index in [9.17, 15) is 19.5 Å². The van der Waals surface area contributed by atoms with E-state index in [-0.39, 0.29) is 17.7 Å². The predicted molar refractivity (Wildman–Crippen MR) is 125 cm³/mol. The zero-order valence-electron chi connectivity index (χ0n) is 20.2. The fourth-order valence-corrected chi connectivity index (χ4v) is 6.85. The van der Waals surface area contributed by atoms with Gasteiger partial charge in [0, 0.05) is 44.9 Å². The second kappa shape index (κ2) is 9.67. The lowest BCUT2D eigenvalue weighted by atomic mass is 9.68. The summed E-state index contributed by atoms with van der Waals surface area (Å²) in [6.07, 6.45) is 14.6. The highest BCUT2D eigenvalue weighted by Gasteiger charge is 2.50. The van der Waals surface area contributed by atoms with E-state index < -0.39 is 5.60 Å². The summed E-state index contributed by atoms with van der Waals surface area (Å²) in [4.78, 5) is 41.5. The molecule has 6 nitrogen and oxygen atoms in total. The molecule has 1 aliphatic heterocycles. The van der Waals surface area contributed by atoms with Crippen LogP contribution in [0.1, 0.15) is 89.9 Å². The van der Waals surface area contributed by atoms with E-state index in [4.69, 9.17) is 0 Å². The Morgan fingerprint density at radius 2 is 1.36 bits per heavy atom. The molecule has 5 rings (SSSR count). The molecule has 1 heterocycles. The van der Waals surface area contributed by atoms with Crippen LogP contribution in [0.4, 0.5) is 0 Å². The van der Waals surface area contributed by atoms with Gasteiger partial charge in [0.25, 0.3) is 5.91 Å². The molecule has 1 N–H and O–H groups in total. The second-order valence-corrected chi connectivity index (χ2v) is 11.9. The maximum atomic E-state index is 13.1. The van der Waals surface area contributed by atoms with Gasteiger partial charge in [-0.25, -0.2) is 0 Å². The van der Waals surface area contributed by atoms with E-state index in [1.54, 1.807) is 4.90 Å². The Morgan fingerprint density at radius 1 is 0.727 bits per heavy atom. The van der Waals surface area contributed by atoms with Crippen molar-refractivity contribution in [3.63, 3.8) is 0 Å². The lowest BCUT2D eigenvalue weighted by Crippen LogP contribution is -2.54. The van der Waals surface area contributed by atoms with Crippen molar-refractivity contribution in [1.82, 2.24) is 9.80 Å². The zero-order chi connectivity index (χ0) is 23.0. The summed E-state index contributed by atoms with van der Waals surface area (Å²) in [5, 5.41) is 10.1. The lowest BCUT2D eigenvalue weighted by molar-refractivity contribution is -0.148. The Hall–Kier alpha value is -1.43. The fourth-order valence-electron chi connectivity index (χ4n) is 6.85. The van der Waals surface area contributed by atoms with Crippen molar-refractivity contribution in [2.75, 3.05) is 26.2 Å². The Kier molecular flexibility index (Phi) is 6.83. The molecule has 2 amide bonds. The predicted octanol–water partition coefficient (Wildman–Crippen LogP) is 3.55. The number of aliphatic hydroxyl groups is 1. The molecule has 0 aromatic rings. The van der Waals surface area contributed by atoms with Gasteiger partial charge in [-0.15, -0.1) is 0 Å². The number of hydrogen-bond donors (Lipinski definition) is 1. The molecule has 0 bridgehead atoms. The maximum absolute atomic E-state index is 13.1. The average Bonchev–Trinajstić information content (AvgIpc) is 3.77. The standard InChI is InChI=1S/C27H42N2O4/c30-24(17-19-4-5-19)18-20-2-1-3-23(16-20)21-6-8-22(9-7-21)25(31)28-12-14-29(15-13-28)26(32)27(33)10-11-27/h19-23,33H,1-18H2. The molecular weight excluding hydrogens is 416 g/mol. The Bertz CT molecular complexity index is 743. The first-order valence-corrected chi connectivity index (χ1v) is 13.7. The monoisotopic (exact) mass is 458 g/mol. The molecule has 33 heavy (non-hydrogen) atoms. The number of Topliss-reactive ketones (excluding diaryl/α,β-unsaturated/α-hetero) is 1. The molecule has 5 aliphatic rings. The van der Waals surface area contributed by atoms with Gasteiger partial charge in [0.15, 0.2) is 0 Å². The molecule has 2 unspecified atom stereocenters. The Labute approximate surface area is 198 Å². The summed E-state index contributed by atoms with van der Waals surface area (Å²) >= 11 is 0. The summed E-state index contributed by atoms with van der Waals surface area (Å²) in [6, 6.07) is 0. The summed E-state index contributed by atoms with van der Waals surface area (Å²) in [5.41, 5.74) is -1.10. The normalized spacial score (nSPS) is 34.1. The molecule has 0 aromatic heterocycles. The van der Waals surface area contributed by atoms with Crippen LogP contribution in [0, 0.1) is 29.6 Å². The summed E-state index contributed by atoms with van der Waals surface area (Å²) < 4.78 is 0. The highest BCUT2D eigenvalue weighted by atomic mass is 16.3. The van der Waals surface area contributed by atoms with Crippen LogP contribution in [0.15, 0.2) is 0 Å². The van der Waals surface area contributed by atoms with E-state index in [1.165, 1.54) is 38.5 Å². The Morgan fingerprint density at radius 3 is 2.00 bits per heavy atom. The van der Waals surface area contributed by atoms with E-state index in [2.05, 4.69) is 0 Å². The van der Waals surface area contributed by atoms with Crippen LogP contribution in [0.5, 0.6) is 0 Å². The van der Waals surface area contributed by atoms with Gasteiger partial charge in [-0.05, 0) is 81.5 Å². The number of carbonyl (C=O) groups is 3. The van der Waals surface area contributed by atoms with Gasteiger partial charge < -0.3 is 14.9 Å². The lowest BCUT2D eigenvalue weighted by Gasteiger charge is -2.40. The number of carbonyl (C=O) groups excluding carboxylic acids is 3. The van der Waals surface area contributed by atoms with Crippen LogP contribution in [-0.4, -0.2) is 64.3 Å². The number of nitrogens with zero attached hydrogens (tertiary/aromatic N) is 2. The van der Waals surface area contributed by atoms with E-state index in [0.29, 0.717) is 56.6 Å². The van der Waals surface area contributed by atoms with Crippen molar-refractivity contribution in [3.05, 3.63) is 0 Å². The highest BCUT2D eigenvalue weighted by Crippen LogP contribution is 2.43. The topological polar surface area (TPSA) is 77.9 Å². The number of ketones is 1. The van der Waals surface area contributed by atoms with Gasteiger partial charge in [0.1, 0.15) is 11.4 Å². The summed E-state index contributed by atoms with van der Waals surface area (Å²) in [7, 11) is 0. The quantitative estimate of drug-likeness (QED) is 0.633. The third kappa shape index (κ3) is 5.63. The van der Waals surface area contributed by atoms with Gasteiger partial charge in [0.2, 0.25) is 5.91 Å². The van der Waals surface area contributed by atoms with Crippen molar-refractivity contribution in [3.8, 4) is 0 Å². The highest BCUT2D eigenvalue weighted by molar-refractivity contribution is 5.88. The largest absolute Gasteiger partial charge is 0.380 e. The number of rotatable bonds is 7. The molecule has 0 aromatic carbocycles. The maximum Gasteiger partial charge on any atom is 0.254 e. The number of piperazine rings is 1. The van der Waals surface area contributed by atoms with E-state index >= 15 is 0 Å². The van der Waals surface area contributed by atoms with Crippen LogP contribution in [-0.2, 0) is 14.4 Å². The molecule has 4 saturated carbocycles. The minimum atomic E-state index is -1.10. The van der Waals surface area contributed by atoms with Gasteiger partial charge in [0.05, 0.1) is 0 Å². The van der Waals surface area contributed by atoms with Crippen LogP contribution >= 0.6 is 0 Å². The van der Waals surface area contributed by atoms with Crippen molar-refractivity contribution in [2.45, 2.75) is 95.5 Å². The van der Waals surface area contributed by atoms with E-state index in [1.807, 2.05) is 4.90 Å². The third-order valence-corrected chi connectivity index (χ3v) is 9.34. The zero-order valence-corrected chi connectivity index (χ0v) is 20.2. The molecule has 6 heteroatoms. The van der Waals surface area contributed by atoms with Gasteiger partial charge in [-0.3, -0.25) is 14.4 Å². The van der Waals surface area contributed by atoms with Crippen LogP contribution < -0.4 is 0 Å². The molecular formula is C27H42N2O4. The first kappa shape index (κ1) is 23.3. The molecule has 0 radical (unpaired) electrons. The fraction of sp³-hybridized carbons (Fsp3) is 0.889. The minimum Gasteiger partial charge on any atom is -0.380 e. The summed E-state index contributed by atoms with van der Waals surface area (Å²) in [5.74, 6) is 3.55. The molecule has 1 saturated heterocycles. The van der Waals surface area contributed by atoms with Crippen molar-refractivity contribution >= 4 is 17.6 Å². The van der Waals surface area contributed by atoms with Crippen LogP contribution in [0.2, 0.25) is 0 Å². The number of hydrogen-bond acceptors (Lipinski definition) is 4. The molecule has 184 valence electrons. The summed E-state index contributed by atoms with van der Waals surface area (Å²) in [6.45, 7) is 2.29. The SMILES string of the molecule is O=C(CC1CC1)CC1CCCC(C2CCC(C(=O)N3CCN(C(=O)C4(O)CC4)CC3)CC2)C1. The third-order valence-electron chi connectivity index (χ3n) is 9.34. The number of amides is 2. The van der Waals surface area contributed by atoms with Gasteiger partial charge in [-0.1, -0.05) is 19.3 Å². The molecule has 0 spiro atoms. The van der Waals surface area contributed by atoms with Crippen molar-refractivity contribution in [2.24, 2.45) is 29.6 Å². The average molecular weight is 459 g/mol. The van der Waals surface area contributed by atoms with Crippen LogP contribution in [0.3, 0.4) is 0 Å². The molecule has 5 fully saturated rings.